The molecule has 2 aliphatic rings. The van der Waals surface area contributed by atoms with Crippen LogP contribution in [0.5, 0.6) is 5.75 Å². The van der Waals surface area contributed by atoms with Gasteiger partial charge in [-0.25, -0.2) is 0 Å². The number of aliphatic hydroxyl groups is 1. The summed E-state index contributed by atoms with van der Waals surface area (Å²) in [6, 6.07) is 7.20. The summed E-state index contributed by atoms with van der Waals surface area (Å²) in [5.74, 6) is 0.596. The van der Waals surface area contributed by atoms with Crippen LogP contribution in [0, 0.1) is 11.3 Å². The number of fused-ring (bicyclic) bond motifs is 2. The first-order valence-electron chi connectivity index (χ1n) is 6.78. The Kier molecular flexibility index (Phi) is 3.31. The first-order chi connectivity index (χ1) is 9.57. The Morgan fingerprint density at radius 3 is 2.60 bits per heavy atom. The molecule has 20 heavy (non-hydrogen) atoms. The lowest BCUT2D eigenvalue weighted by molar-refractivity contribution is 0.0162. The predicted octanol–water partition coefficient (Wildman–Crippen LogP) is 1.83. The lowest BCUT2D eigenvalue weighted by Crippen LogP contribution is -2.40. The van der Waals surface area contributed by atoms with Crippen LogP contribution in [0.4, 0.5) is 0 Å². The normalized spacial score (nSPS) is 35.5. The minimum absolute atomic E-state index is 0.0641. The Labute approximate surface area is 120 Å². The van der Waals surface area contributed by atoms with Gasteiger partial charge in [-0.1, -0.05) is 0 Å². The molecule has 106 valence electrons. The maximum atomic E-state index is 12.1. The van der Waals surface area contributed by atoms with Gasteiger partial charge >= 0.3 is 0 Å². The van der Waals surface area contributed by atoms with Crippen molar-refractivity contribution in [2.24, 2.45) is 0 Å². The SMILES string of the molecule is COc1ccc(C#N)cc1C1(O)CC2CCC(C1)S2=O. The van der Waals surface area contributed by atoms with E-state index in [0.29, 0.717) is 29.7 Å². The third kappa shape index (κ3) is 2.04. The molecule has 0 amide bonds. The fourth-order valence-corrected chi connectivity index (χ4v) is 5.60. The quantitative estimate of drug-likeness (QED) is 0.902. The van der Waals surface area contributed by atoms with Gasteiger partial charge in [0.15, 0.2) is 0 Å². The Hall–Kier alpha value is -1.38. The van der Waals surface area contributed by atoms with Crippen molar-refractivity contribution in [3.05, 3.63) is 29.3 Å². The van der Waals surface area contributed by atoms with Gasteiger partial charge in [-0.15, -0.1) is 0 Å². The summed E-state index contributed by atoms with van der Waals surface area (Å²) in [7, 11) is 0.739. The monoisotopic (exact) mass is 291 g/mol. The Morgan fingerprint density at radius 2 is 2.05 bits per heavy atom. The molecule has 2 heterocycles. The van der Waals surface area contributed by atoms with Crippen LogP contribution in [0.1, 0.15) is 36.8 Å². The molecule has 1 N–H and O–H groups in total. The summed E-state index contributed by atoms with van der Waals surface area (Å²) < 4.78 is 17.4. The third-order valence-electron chi connectivity index (χ3n) is 4.43. The average Bonchev–Trinajstić information content (AvgIpc) is 2.69. The van der Waals surface area contributed by atoms with Crippen molar-refractivity contribution in [1.29, 1.82) is 5.26 Å². The minimum Gasteiger partial charge on any atom is -0.496 e. The number of nitrogens with zero attached hydrogens (tertiary/aromatic N) is 1. The molecule has 1 aromatic carbocycles. The molecule has 0 aromatic heterocycles. The summed E-state index contributed by atoms with van der Waals surface area (Å²) >= 11 is 0. The number of methoxy groups -OCH3 is 1. The number of benzene rings is 1. The highest BCUT2D eigenvalue weighted by molar-refractivity contribution is 7.86. The van der Waals surface area contributed by atoms with E-state index in [1.165, 1.54) is 0 Å². The highest BCUT2D eigenvalue weighted by Crippen LogP contribution is 2.48. The van der Waals surface area contributed by atoms with Crippen LogP contribution >= 0.6 is 0 Å². The molecule has 0 saturated carbocycles. The van der Waals surface area contributed by atoms with Gasteiger partial charge in [0.25, 0.3) is 0 Å². The maximum Gasteiger partial charge on any atom is 0.125 e. The van der Waals surface area contributed by atoms with Crippen molar-refractivity contribution < 1.29 is 14.1 Å². The van der Waals surface area contributed by atoms with Crippen LogP contribution < -0.4 is 4.74 Å². The fraction of sp³-hybridized carbons (Fsp3) is 0.533. The second-order valence-corrected chi connectivity index (χ2v) is 7.61. The van der Waals surface area contributed by atoms with Crippen molar-refractivity contribution in [2.75, 3.05) is 7.11 Å². The topological polar surface area (TPSA) is 70.3 Å². The summed E-state index contributed by atoms with van der Waals surface area (Å²) in [6.45, 7) is 0. The molecule has 2 saturated heterocycles. The van der Waals surface area contributed by atoms with Crippen molar-refractivity contribution in [1.82, 2.24) is 0 Å². The Bertz CT molecular complexity index is 592. The van der Waals surface area contributed by atoms with Gasteiger partial charge in [0.1, 0.15) is 5.75 Å². The number of rotatable bonds is 2. The van der Waals surface area contributed by atoms with E-state index in [1.807, 2.05) is 0 Å². The van der Waals surface area contributed by atoms with Crippen LogP contribution in [0.3, 0.4) is 0 Å². The highest BCUT2D eigenvalue weighted by atomic mass is 32.2. The standard InChI is InChI=1S/C15H17NO3S/c1-19-14-5-2-10(9-16)6-13(14)15(17)7-11-3-4-12(8-15)20(11)18/h2,5-6,11-12,17H,3-4,7-8H2,1H3. The molecule has 0 radical (unpaired) electrons. The van der Waals surface area contributed by atoms with E-state index in [4.69, 9.17) is 10.00 Å². The summed E-state index contributed by atoms with van der Waals surface area (Å²) in [6.07, 6.45) is 2.81. The van der Waals surface area contributed by atoms with Crippen LogP contribution in [0.25, 0.3) is 0 Å². The molecule has 2 unspecified atom stereocenters. The van der Waals surface area contributed by atoms with Crippen molar-refractivity contribution in [3.63, 3.8) is 0 Å². The predicted molar refractivity (Wildman–Crippen MR) is 75.8 cm³/mol. The second kappa shape index (κ2) is 4.87. The average molecular weight is 291 g/mol. The van der Waals surface area contributed by atoms with E-state index in [9.17, 15) is 9.32 Å². The molecule has 1 aromatic rings. The first kappa shape index (κ1) is 13.6. The van der Waals surface area contributed by atoms with Gasteiger partial charge in [-0.2, -0.15) is 5.26 Å². The number of ether oxygens (including phenoxy) is 1. The zero-order valence-corrected chi connectivity index (χ0v) is 12.2. The fourth-order valence-electron chi connectivity index (χ4n) is 3.44. The molecular formula is C15H17NO3S. The third-order valence-corrected chi connectivity index (χ3v) is 6.55. The van der Waals surface area contributed by atoms with Crippen LogP contribution in [0.2, 0.25) is 0 Å². The molecule has 2 fully saturated rings. The molecule has 4 nitrogen and oxygen atoms in total. The number of hydrogen-bond acceptors (Lipinski definition) is 4. The number of hydrogen-bond donors (Lipinski definition) is 1. The van der Waals surface area contributed by atoms with E-state index in [2.05, 4.69) is 6.07 Å². The molecule has 2 atom stereocenters. The lowest BCUT2D eigenvalue weighted by Gasteiger charge is -2.37. The van der Waals surface area contributed by atoms with Gasteiger partial charge in [-0.05, 0) is 43.9 Å². The summed E-state index contributed by atoms with van der Waals surface area (Å²) in [4.78, 5) is 0. The molecule has 2 aliphatic heterocycles. The largest absolute Gasteiger partial charge is 0.496 e. The van der Waals surface area contributed by atoms with Crippen LogP contribution in [-0.2, 0) is 16.4 Å². The smallest absolute Gasteiger partial charge is 0.125 e. The molecular weight excluding hydrogens is 274 g/mol. The molecule has 3 rings (SSSR count). The van der Waals surface area contributed by atoms with E-state index in [-0.39, 0.29) is 10.5 Å². The van der Waals surface area contributed by atoms with Crippen LogP contribution in [-0.4, -0.2) is 26.9 Å². The van der Waals surface area contributed by atoms with Crippen molar-refractivity contribution >= 4 is 10.8 Å². The lowest BCUT2D eigenvalue weighted by atomic mass is 9.84. The Balaban J connectivity index is 2.04. The van der Waals surface area contributed by atoms with Gasteiger partial charge < -0.3 is 9.84 Å². The maximum absolute atomic E-state index is 12.1. The van der Waals surface area contributed by atoms with Crippen LogP contribution in [0.15, 0.2) is 18.2 Å². The minimum atomic E-state index is -1.03. The number of nitriles is 1. The first-order valence-corrected chi connectivity index (χ1v) is 8.05. The summed E-state index contributed by atoms with van der Waals surface area (Å²) in [5, 5.41) is 20.2. The van der Waals surface area contributed by atoms with E-state index < -0.39 is 16.4 Å². The van der Waals surface area contributed by atoms with Gasteiger partial charge in [-0.3, -0.25) is 4.21 Å². The van der Waals surface area contributed by atoms with Gasteiger partial charge in [0, 0.05) is 26.9 Å². The highest BCUT2D eigenvalue weighted by Gasteiger charge is 2.49. The zero-order valence-electron chi connectivity index (χ0n) is 11.3. The Morgan fingerprint density at radius 1 is 1.40 bits per heavy atom. The second-order valence-electron chi connectivity index (χ2n) is 5.62. The molecule has 2 bridgehead atoms. The van der Waals surface area contributed by atoms with Gasteiger partial charge in [0.05, 0.1) is 24.3 Å². The summed E-state index contributed by atoms with van der Waals surface area (Å²) in [5.41, 5.74) is 0.138. The molecule has 0 aliphatic carbocycles. The van der Waals surface area contributed by atoms with E-state index in [1.54, 1.807) is 25.3 Å². The molecule has 0 spiro atoms. The van der Waals surface area contributed by atoms with Gasteiger partial charge in [0.2, 0.25) is 0 Å². The van der Waals surface area contributed by atoms with Crippen molar-refractivity contribution in [2.45, 2.75) is 41.8 Å². The van der Waals surface area contributed by atoms with E-state index >= 15 is 0 Å². The molecule has 5 heteroatoms. The van der Waals surface area contributed by atoms with E-state index in [0.717, 1.165) is 12.8 Å². The zero-order chi connectivity index (χ0) is 14.3. The van der Waals surface area contributed by atoms with Crippen molar-refractivity contribution in [3.8, 4) is 11.8 Å².